The summed E-state index contributed by atoms with van der Waals surface area (Å²) in [6, 6.07) is 8.28. The number of carbonyl (C=O) groups excluding carboxylic acids is 1. The summed E-state index contributed by atoms with van der Waals surface area (Å²) in [6.07, 6.45) is 1.75. The molecule has 1 heterocycles. The first-order chi connectivity index (χ1) is 9.69. The quantitative estimate of drug-likeness (QED) is 0.908. The Hall–Kier alpha value is -1.26. The molecule has 0 aromatic heterocycles. The molecule has 1 aliphatic heterocycles. The fourth-order valence-electron chi connectivity index (χ4n) is 2.38. The van der Waals surface area contributed by atoms with Gasteiger partial charge in [0.25, 0.3) is 0 Å². The number of amides is 1. The van der Waals surface area contributed by atoms with Gasteiger partial charge in [-0.25, -0.2) is 4.79 Å². The lowest BCUT2D eigenvalue weighted by atomic mass is 10.1. The number of carbonyl (C=O) groups is 1. The first-order valence-electron chi connectivity index (χ1n) is 7.08. The molecule has 110 valence electrons. The standard InChI is InChI=1S/C15H21ClN2O2/c1-2-20-15(19)18-10-8-14(11-18)17-9-7-12-3-5-13(16)6-4-12/h3-6,14,17H,2,7-11H2,1H3/t14-/m1/s1. The van der Waals surface area contributed by atoms with E-state index >= 15 is 0 Å². The predicted molar refractivity (Wildman–Crippen MR) is 80.2 cm³/mol. The lowest BCUT2D eigenvalue weighted by molar-refractivity contribution is 0.115. The molecule has 4 nitrogen and oxygen atoms in total. The number of nitrogens with one attached hydrogen (secondary N) is 1. The molecule has 0 radical (unpaired) electrons. The van der Waals surface area contributed by atoms with Gasteiger partial charge in [-0.05, 0) is 44.0 Å². The van der Waals surface area contributed by atoms with Crippen molar-refractivity contribution in [3.05, 3.63) is 34.9 Å². The van der Waals surface area contributed by atoms with E-state index in [1.54, 1.807) is 4.90 Å². The van der Waals surface area contributed by atoms with Gasteiger partial charge in [0.15, 0.2) is 0 Å². The van der Waals surface area contributed by atoms with Crippen LogP contribution in [0.3, 0.4) is 0 Å². The average Bonchev–Trinajstić information content (AvgIpc) is 2.90. The Morgan fingerprint density at radius 1 is 1.45 bits per heavy atom. The summed E-state index contributed by atoms with van der Waals surface area (Å²) in [5.41, 5.74) is 1.27. The zero-order valence-corrected chi connectivity index (χ0v) is 12.5. The maximum atomic E-state index is 11.6. The Morgan fingerprint density at radius 3 is 2.90 bits per heavy atom. The Labute approximate surface area is 125 Å². The van der Waals surface area contributed by atoms with E-state index in [1.807, 2.05) is 31.2 Å². The predicted octanol–water partition coefficient (Wildman–Crippen LogP) is 2.70. The van der Waals surface area contributed by atoms with Crippen LogP contribution in [0.15, 0.2) is 24.3 Å². The first kappa shape index (κ1) is 15.1. The summed E-state index contributed by atoms with van der Waals surface area (Å²) < 4.78 is 5.01. The molecule has 0 saturated carbocycles. The van der Waals surface area contributed by atoms with Gasteiger partial charge >= 0.3 is 6.09 Å². The van der Waals surface area contributed by atoms with Gasteiger partial charge in [-0.15, -0.1) is 0 Å². The molecular formula is C15H21ClN2O2. The van der Waals surface area contributed by atoms with E-state index in [0.717, 1.165) is 37.5 Å². The van der Waals surface area contributed by atoms with Crippen LogP contribution >= 0.6 is 11.6 Å². The molecule has 1 atom stereocenters. The third-order valence-electron chi connectivity index (χ3n) is 3.47. The minimum atomic E-state index is -0.200. The molecule has 1 aromatic rings. The normalized spacial score (nSPS) is 18.3. The highest BCUT2D eigenvalue weighted by molar-refractivity contribution is 6.30. The number of halogens is 1. The Bertz CT molecular complexity index is 436. The van der Waals surface area contributed by atoms with Crippen LogP contribution in [0, 0.1) is 0 Å². The fourth-order valence-corrected chi connectivity index (χ4v) is 2.51. The first-order valence-corrected chi connectivity index (χ1v) is 7.46. The highest BCUT2D eigenvalue weighted by Crippen LogP contribution is 2.12. The molecule has 2 rings (SSSR count). The van der Waals surface area contributed by atoms with Crippen LogP contribution < -0.4 is 5.32 Å². The summed E-state index contributed by atoms with van der Waals surface area (Å²) in [5.74, 6) is 0. The van der Waals surface area contributed by atoms with E-state index in [4.69, 9.17) is 16.3 Å². The van der Waals surface area contributed by atoms with E-state index < -0.39 is 0 Å². The molecule has 1 fully saturated rings. The SMILES string of the molecule is CCOC(=O)N1CC[C@@H](NCCc2ccc(Cl)cc2)C1. The molecular weight excluding hydrogens is 276 g/mol. The van der Waals surface area contributed by atoms with E-state index in [0.29, 0.717) is 12.6 Å². The molecule has 0 bridgehead atoms. The van der Waals surface area contributed by atoms with Crippen molar-refractivity contribution < 1.29 is 9.53 Å². The smallest absolute Gasteiger partial charge is 0.409 e. The third-order valence-corrected chi connectivity index (χ3v) is 3.73. The lowest BCUT2D eigenvalue weighted by Crippen LogP contribution is -2.36. The third kappa shape index (κ3) is 4.39. The van der Waals surface area contributed by atoms with Crippen LogP contribution in [0.2, 0.25) is 5.02 Å². The van der Waals surface area contributed by atoms with E-state index in [9.17, 15) is 4.79 Å². The number of hydrogen-bond acceptors (Lipinski definition) is 3. The second kappa shape index (κ2) is 7.50. The Balaban J connectivity index is 1.68. The van der Waals surface area contributed by atoms with Crippen molar-refractivity contribution in [1.82, 2.24) is 10.2 Å². The Kier molecular flexibility index (Phi) is 5.68. The molecule has 0 unspecified atom stereocenters. The zero-order valence-electron chi connectivity index (χ0n) is 11.8. The van der Waals surface area contributed by atoms with Gasteiger partial charge < -0.3 is 15.0 Å². The molecule has 0 spiro atoms. The van der Waals surface area contributed by atoms with Crippen LogP contribution in [0.1, 0.15) is 18.9 Å². The van der Waals surface area contributed by atoms with Gasteiger partial charge in [0.2, 0.25) is 0 Å². The summed E-state index contributed by atoms with van der Waals surface area (Å²) in [6.45, 7) is 4.68. The molecule has 1 aliphatic rings. The lowest BCUT2D eigenvalue weighted by Gasteiger charge is -2.16. The number of likely N-dealkylation sites (tertiary alicyclic amines) is 1. The molecule has 1 saturated heterocycles. The number of benzene rings is 1. The van der Waals surface area contributed by atoms with E-state index in [2.05, 4.69) is 5.32 Å². The Morgan fingerprint density at radius 2 is 2.20 bits per heavy atom. The van der Waals surface area contributed by atoms with Crippen LogP contribution in [-0.2, 0) is 11.2 Å². The number of ether oxygens (including phenoxy) is 1. The van der Waals surface area contributed by atoms with Crippen molar-refractivity contribution in [2.75, 3.05) is 26.2 Å². The maximum absolute atomic E-state index is 11.6. The topological polar surface area (TPSA) is 41.6 Å². The molecule has 1 N–H and O–H groups in total. The second-order valence-electron chi connectivity index (χ2n) is 4.96. The molecule has 1 amide bonds. The van der Waals surface area contributed by atoms with Gasteiger partial charge in [0.05, 0.1) is 6.61 Å². The summed E-state index contributed by atoms with van der Waals surface area (Å²) in [7, 11) is 0. The van der Waals surface area contributed by atoms with Crippen LogP contribution in [0.4, 0.5) is 4.79 Å². The van der Waals surface area contributed by atoms with Gasteiger partial charge in [0.1, 0.15) is 0 Å². The minimum Gasteiger partial charge on any atom is -0.450 e. The highest BCUT2D eigenvalue weighted by atomic mass is 35.5. The van der Waals surface area contributed by atoms with Crippen LogP contribution in [-0.4, -0.2) is 43.3 Å². The van der Waals surface area contributed by atoms with Crippen LogP contribution in [0.5, 0.6) is 0 Å². The molecule has 1 aromatic carbocycles. The fraction of sp³-hybridized carbons (Fsp3) is 0.533. The number of rotatable bonds is 5. The van der Waals surface area contributed by atoms with Gasteiger partial charge in [-0.2, -0.15) is 0 Å². The highest BCUT2D eigenvalue weighted by Gasteiger charge is 2.26. The maximum Gasteiger partial charge on any atom is 0.409 e. The van der Waals surface area contributed by atoms with Crippen molar-refractivity contribution in [1.29, 1.82) is 0 Å². The largest absolute Gasteiger partial charge is 0.450 e. The molecule has 0 aliphatic carbocycles. The van der Waals surface area contributed by atoms with Crippen molar-refractivity contribution in [2.24, 2.45) is 0 Å². The summed E-state index contributed by atoms with van der Waals surface area (Å²) in [4.78, 5) is 13.3. The minimum absolute atomic E-state index is 0.200. The average molecular weight is 297 g/mol. The van der Waals surface area contributed by atoms with Crippen molar-refractivity contribution >= 4 is 17.7 Å². The summed E-state index contributed by atoms with van der Waals surface area (Å²) >= 11 is 5.86. The second-order valence-corrected chi connectivity index (χ2v) is 5.40. The van der Waals surface area contributed by atoms with E-state index in [1.165, 1.54) is 5.56 Å². The summed E-state index contributed by atoms with van der Waals surface area (Å²) in [5, 5.41) is 4.26. The van der Waals surface area contributed by atoms with Gasteiger partial charge in [-0.1, -0.05) is 23.7 Å². The van der Waals surface area contributed by atoms with Crippen LogP contribution in [0.25, 0.3) is 0 Å². The van der Waals surface area contributed by atoms with Crippen molar-refractivity contribution in [3.63, 3.8) is 0 Å². The van der Waals surface area contributed by atoms with Crippen molar-refractivity contribution in [3.8, 4) is 0 Å². The number of nitrogens with zero attached hydrogens (tertiary/aromatic N) is 1. The zero-order chi connectivity index (χ0) is 14.4. The molecule has 20 heavy (non-hydrogen) atoms. The van der Waals surface area contributed by atoms with Gasteiger partial charge in [0, 0.05) is 24.2 Å². The monoisotopic (exact) mass is 296 g/mol. The molecule has 5 heteroatoms. The number of hydrogen-bond donors (Lipinski definition) is 1. The van der Waals surface area contributed by atoms with Gasteiger partial charge in [-0.3, -0.25) is 0 Å². The van der Waals surface area contributed by atoms with Crippen molar-refractivity contribution in [2.45, 2.75) is 25.8 Å². The van der Waals surface area contributed by atoms with E-state index in [-0.39, 0.29) is 6.09 Å².